The van der Waals surface area contributed by atoms with Crippen molar-refractivity contribution in [1.82, 2.24) is 0 Å². The van der Waals surface area contributed by atoms with Crippen LogP contribution in [-0.4, -0.2) is 17.2 Å². The lowest BCUT2D eigenvalue weighted by Crippen LogP contribution is -2.31. The normalized spacial score (nSPS) is 11.6. The van der Waals surface area contributed by atoms with Crippen molar-refractivity contribution in [2.45, 2.75) is 39.5 Å². The van der Waals surface area contributed by atoms with Crippen LogP contribution in [0.25, 0.3) is 0 Å². The third kappa shape index (κ3) is 3.08. The Morgan fingerprint density at radius 1 is 1.13 bits per heavy atom. The summed E-state index contributed by atoms with van der Waals surface area (Å²) >= 11 is 0. The molecule has 0 saturated carbocycles. The zero-order valence-electron chi connectivity index (χ0n) is 9.91. The largest absolute Gasteiger partial charge is 0.488 e. The van der Waals surface area contributed by atoms with Crippen molar-refractivity contribution in [3.63, 3.8) is 0 Å². The van der Waals surface area contributed by atoms with Crippen LogP contribution in [0.15, 0.2) is 18.2 Å². The molecule has 82 valence electrons. The fraction of sp³-hybridized carbons (Fsp3) is 0.500. The smallest absolute Gasteiger partial charge is 0.423 e. The predicted molar refractivity (Wildman–Crippen MR) is 64.3 cm³/mol. The van der Waals surface area contributed by atoms with Crippen LogP contribution in [0.3, 0.4) is 0 Å². The van der Waals surface area contributed by atoms with Gasteiger partial charge in [0, 0.05) is 0 Å². The summed E-state index contributed by atoms with van der Waals surface area (Å²) in [4.78, 5) is 0. The molecule has 1 aromatic carbocycles. The second-order valence-corrected chi connectivity index (χ2v) is 4.94. The monoisotopic (exact) mass is 206 g/mol. The van der Waals surface area contributed by atoms with E-state index in [4.69, 9.17) is 0 Å². The van der Waals surface area contributed by atoms with Crippen LogP contribution in [-0.2, 0) is 11.8 Å². The molecule has 0 aliphatic heterocycles. The Morgan fingerprint density at radius 2 is 1.73 bits per heavy atom. The van der Waals surface area contributed by atoms with E-state index in [0.29, 0.717) is 5.46 Å². The highest BCUT2D eigenvalue weighted by atomic mass is 16.4. The molecule has 0 saturated heterocycles. The van der Waals surface area contributed by atoms with E-state index in [1.165, 1.54) is 0 Å². The fourth-order valence-electron chi connectivity index (χ4n) is 1.50. The number of hydrogen-bond acceptors (Lipinski definition) is 2. The Labute approximate surface area is 92.1 Å². The third-order valence-corrected chi connectivity index (χ3v) is 2.59. The summed E-state index contributed by atoms with van der Waals surface area (Å²) < 4.78 is 0. The summed E-state index contributed by atoms with van der Waals surface area (Å²) in [6.07, 6.45) is 0.906. The van der Waals surface area contributed by atoms with Crippen molar-refractivity contribution in [2.75, 3.05) is 0 Å². The quantitative estimate of drug-likeness (QED) is 0.714. The van der Waals surface area contributed by atoms with Crippen LogP contribution in [0.4, 0.5) is 0 Å². The van der Waals surface area contributed by atoms with Gasteiger partial charge >= 0.3 is 7.12 Å². The maximum atomic E-state index is 9.19. The van der Waals surface area contributed by atoms with Crippen molar-refractivity contribution < 1.29 is 10.0 Å². The van der Waals surface area contributed by atoms with Crippen LogP contribution < -0.4 is 5.46 Å². The topological polar surface area (TPSA) is 40.5 Å². The first-order valence-electron chi connectivity index (χ1n) is 5.35. The Bertz CT molecular complexity index is 340. The van der Waals surface area contributed by atoms with Crippen molar-refractivity contribution in [3.8, 4) is 0 Å². The standard InChI is InChI=1S/C12H19BO2/c1-5-9-6-10(12(2,3)4)8-11(7-9)13(14)15/h6-8,14-15H,5H2,1-4H3. The number of aryl methyl sites for hydroxylation is 1. The molecule has 15 heavy (non-hydrogen) atoms. The molecule has 0 bridgehead atoms. The van der Waals surface area contributed by atoms with Gasteiger partial charge in [-0.3, -0.25) is 0 Å². The molecule has 1 rings (SSSR count). The van der Waals surface area contributed by atoms with Gasteiger partial charge in [-0.05, 0) is 28.4 Å². The molecular weight excluding hydrogens is 187 g/mol. The maximum absolute atomic E-state index is 9.19. The van der Waals surface area contributed by atoms with Gasteiger partial charge in [0.15, 0.2) is 0 Å². The van der Waals surface area contributed by atoms with Crippen LogP contribution in [0.1, 0.15) is 38.8 Å². The predicted octanol–water partition coefficient (Wildman–Crippen LogP) is 1.23. The van der Waals surface area contributed by atoms with E-state index >= 15 is 0 Å². The molecule has 0 fully saturated rings. The Kier molecular flexibility index (Phi) is 3.58. The molecule has 0 aliphatic rings. The first-order chi connectivity index (χ1) is 6.84. The summed E-state index contributed by atoms with van der Waals surface area (Å²) in [5.41, 5.74) is 2.91. The molecule has 0 atom stereocenters. The van der Waals surface area contributed by atoms with E-state index in [0.717, 1.165) is 17.5 Å². The van der Waals surface area contributed by atoms with E-state index in [1.54, 1.807) is 0 Å². The Morgan fingerprint density at radius 3 is 2.13 bits per heavy atom. The van der Waals surface area contributed by atoms with E-state index in [9.17, 15) is 10.0 Å². The van der Waals surface area contributed by atoms with Gasteiger partial charge < -0.3 is 10.0 Å². The molecule has 0 radical (unpaired) electrons. The highest BCUT2D eigenvalue weighted by Gasteiger charge is 2.18. The molecule has 0 aromatic heterocycles. The first-order valence-corrected chi connectivity index (χ1v) is 5.35. The van der Waals surface area contributed by atoms with Gasteiger partial charge in [0.25, 0.3) is 0 Å². The van der Waals surface area contributed by atoms with Crippen LogP contribution >= 0.6 is 0 Å². The van der Waals surface area contributed by atoms with E-state index in [-0.39, 0.29) is 5.41 Å². The lowest BCUT2D eigenvalue weighted by molar-refractivity contribution is 0.425. The molecule has 0 unspecified atom stereocenters. The SMILES string of the molecule is CCc1cc(B(O)O)cc(C(C)(C)C)c1. The number of hydrogen-bond donors (Lipinski definition) is 2. The molecule has 3 heteroatoms. The van der Waals surface area contributed by atoms with Crippen molar-refractivity contribution in [1.29, 1.82) is 0 Å². The first kappa shape index (κ1) is 12.3. The van der Waals surface area contributed by atoms with Crippen molar-refractivity contribution in [3.05, 3.63) is 29.3 Å². The number of benzene rings is 1. The minimum atomic E-state index is -1.38. The van der Waals surface area contributed by atoms with Gasteiger partial charge in [0.1, 0.15) is 0 Å². The minimum Gasteiger partial charge on any atom is -0.423 e. The summed E-state index contributed by atoms with van der Waals surface area (Å²) in [7, 11) is -1.38. The van der Waals surface area contributed by atoms with E-state index < -0.39 is 7.12 Å². The van der Waals surface area contributed by atoms with Crippen LogP contribution in [0, 0.1) is 0 Å². The zero-order valence-corrected chi connectivity index (χ0v) is 9.91. The lowest BCUT2D eigenvalue weighted by atomic mass is 9.75. The van der Waals surface area contributed by atoms with Crippen molar-refractivity contribution >= 4 is 12.6 Å². The van der Waals surface area contributed by atoms with Gasteiger partial charge in [0.05, 0.1) is 0 Å². The molecule has 2 nitrogen and oxygen atoms in total. The highest BCUT2D eigenvalue weighted by molar-refractivity contribution is 6.58. The summed E-state index contributed by atoms with van der Waals surface area (Å²) in [5, 5.41) is 18.4. The van der Waals surface area contributed by atoms with E-state index in [2.05, 4.69) is 33.8 Å². The van der Waals surface area contributed by atoms with Gasteiger partial charge in [-0.2, -0.15) is 0 Å². The van der Waals surface area contributed by atoms with Gasteiger partial charge in [-0.25, -0.2) is 0 Å². The second kappa shape index (κ2) is 4.37. The number of rotatable bonds is 2. The van der Waals surface area contributed by atoms with Gasteiger partial charge in [0.2, 0.25) is 0 Å². The molecule has 0 spiro atoms. The molecule has 0 amide bonds. The van der Waals surface area contributed by atoms with Crippen LogP contribution in [0.5, 0.6) is 0 Å². The van der Waals surface area contributed by atoms with Crippen molar-refractivity contribution in [2.24, 2.45) is 0 Å². The molecule has 0 heterocycles. The third-order valence-electron chi connectivity index (χ3n) is 2.59. The van der Waals surface area contributed by atoms with E-state index in [1.807, 2.05) is 12.1 Å². The maximum Gasteiger partial charge on any atom is 0.488 e. The Hall–Kier alpha value is -0.795. The average Bonchev–Trinajstić information content (AvgIpc) is 2.15. The van der Waals surface area contributed by atoms with Crippen LogP contribution in [0.2, 0.25) is 0 Å². The molecule has 2 N–H and O–H groups in total. The fourth-order valence-corrected chi connectivity index (χ4v) is 1.50. The Balaban J connectivity index is 3.23. The second-order valence-electron chi connectivity index (χ2n) is 4.94. The summed E-state index contributed by atoms with van der Waals surface area (Å²) in [6.45, 7) is 8.43. The lowest BCUT2D eigenvalue weighted by Gasteiger charge is -2.21. The molecule has 0 aliphatic carbocycles. The van der Waals surface area contributed by atoms with Gasteiger partial charge in [-0.15, -0.1) is 0 Å². The summed E-state index contributed by atoms with van der Waals surface area (Å²) in [6, 6.07) is 5.84. The average molecular weight is 206 g/mol. The zero-order chi connectivity index (χ0) is 11.6. The molecule has 1 aromatic rings. The molecular formula is C12H19BO2. The van der Waals surface area contributed by atoms with Gasteiger partial charge in [-0.1, -0.05) is 45.9 Å². The summed E-state index contributed by atoms with van der Waals surface area (Å²) in [5.74, 6) is 0. The minimum absolute atomic E-state index is 0.0365. The highest BCUT2D eigenvalue weighted by Crippen LogP contribution is 2.22.